The van der Waals surface area contributed by atoms with Crippen LogP contribution in [-0.4, -0.2) is 25.8 Å². The van der Waals surface area contributed by atoms with Crippen molar-refractivity contribution in [3.05, 3.63) is 83.1 Å². The molecule has 0 N–H and O–H groups in total. The van der Waals surface area contributed by atoms with Gasteiger partial charge in [-0.3, -0.25) is 0 Å². The molecular weight excluding hydrogens is 352 g/mol. The summed E-state index contributed by atoms with van der Waals surface area (Å²) in [6.45, 7) is 3.38. The predicted octanol–water partition coefficient (Wildman–Crippen LogP) is 4.59. The van der Waals surface area contributed by atoms with Crippen molar-refractivity contribution in [1.82, 2.24) is 0 Å². The summed E-state index contributed by atoms with van der Waals surface area (Å²) in [6, 6.07) is 20.2. The van der Waals surface area contributed by atoms with Gasteiger partial charge in [0.2, 0.25) is 0 Å². The monoisotopic (exact) mass is 378 g/mol. The fourth-order valence-electron chi connectivity index (χ4n) is 4.29. The van der Waals surface area contributed by atoms with Gasteiger partial charge in [-0.1, -0.05) is 60.7 Å². The Balaban J connectivity index is 1.85. The molecule has 1 fully saturated rings. The second-order valence-electron chi connectivity index (χ2n) is 7.36. The van der Waals surface area contributed by atoms with Crippen molar-refractivity contribution in [3.8, 4) is 0 Å². The minimum atomic E-state index is -0.811. The van der Waals surface area contributed by atoms with Gasteiger partial charge in [-0.2, -0.15) is 0 Å². The maximum Gasteiger partial charge on any atom is 0.337 e. The van der Waals surface area contributed by atoms with Gasteiger partial charge in [-0.15, -0.1) is 0 Å². The molecule has 28 heavy (non-hydrogen) atoms. The summed E-state index contributed by atoms with van der Waals surface area (Å²) in [4.78, 5) is 13.0. The Hall–Kier alpha value is -2.59. The molecule has 1 atom stereocenters. The second-order valence-corrected chi connectivity index (χ2v) is 7.36. The number of carbonyl (C=O) groups is 1. The largest absolute Gasteiger partial charge is 0.481 e. The van der Waals surface area contributed by atoms with Crippen LogP contribution in [0.3, 0.4) is 0 Å². The standard InChI is InChI=1S/C24H26O4/c1-18-22-21(17-26-15-9-4-10-16-27-23(22)25)24(28-18,19-11-5-2-6-12-19)20-13-7-3-8-14-20/h2-3,5-8,11-14,21H,4,9-10,15-17H2,1H3. The molecule has 0 bridgehead atoms. The lowest BCUT2D eigenvalue weighted by atomic mass is 9.74. The van der Waals surface area contributed by atoms with E-state index in [0.29, 0.717) is 31.2 Å². The average Bonchev–Trinajstić information content (AvgIpc) is 3.01. The number of hydrogen-bond acceptors (Lipinski definition) is 4. The number of hydrogen-bond donors (Lipinski definition) is 0. The van der Waals surface area contributed by atoms with Crippen LogP contribution in [-0.2, 0) is 24.6 Å². The van der Waals surface area contributed by atoms with E-state index in [9.17, 15) is 4.79 Å². The van der Waals surface area contributed by atoms with Crippen molar-refractivity contribution in [2.24, 2.45) is 5.92 Å². The molecule has 1 saturated heterocycles. The van der Waals surface area contributed by atoms with Gasteiger partial charge in [0.15, 0.2) is 5.60 Å². The Morgan fingerprint density at radius 1 is 0.857 bits per heavy atom. The van der Waals surface area contributed by atoms with Crippen molar-refractivity contribution in [3.63, 3.8) is 0 Å². The van der Waals surface area contributed by atoms with Gasteiger partial charge in [0.25, 0.3) is 0 Å². The molecule has 2 aliphatic rings. The molecule has 2 heterocycles. The van der Waals surface area contributed by atoms with Crippen molar-refractivity contribution >= 4 is 5.97 Å². The fraction of sp³-hybridized carbons (Fsp3) is 0.375. The lowest BCUT2D eigenvalue weighted by Gasteiger charge is -2.36. The summed E-state index contributed by atoms with van der Waals surface area (Å²) in [5.41, 5.74) is 1.79. The average molecular weight is 378 g/mol. The van der Waals surface area contributed by atoms with E-state index in [1.807, 2.05) is 43.3 Å². The maximum absolute atomic E-state index is 13.0. The summed E-state index contributed by atoms with van der Waals surface area (Å²) in [5.74, 6) is 0.0511. The first-order valence-corrected chi connectivity index (χ1v) is 9.99. The highest BCUT2D eigenvalue weighted by Gasteiger charge is 2.54. The first-order valence-electron chi connectivity index (χ1n) is 9.99. The van der Waals surface area contributed by atoms with Crippen LogP contribution in [0.15, 0.2) is 72.0 Å². The molecule has 2 aromatic rings. The van der Waals surface area contributed by atoms with Gasteiger partial charge in [0.05, 0.1) is 24.7 Å². The second kappa shape index (κ2) is 8.19. The van der Waals surface area contributed by atoms with E-state index in [-0.39, 0.29) is 11.9 Å². The van der Waals surface area contributed by atoms with Gasteiger partial charge in [0.1, 0.15) is 5.76 Å². The van der Waals surface area contributed by atoms with Crippen LogP contribution >= 0.6 is 0 Å². The number of benzene rings is 2. The van der Waals surface area contributed by atoms with E-state index in [2.05, 4.69) is 24.3 Å². The van der Waals surface area contributed by atoms with Gasteiger partial charge in [0, 0.05) is 17.7 Å². The molecule has 0 radical (unpaired) electrons. The summed E-state index contributed by atoms with van der Waals surface area (Å²) in [5, 5.41) is 0. The highest BCUT2D eigenvalue weighted by molar-refractivity contribution is 5.91. The highest BCUT2D eigenvalue weighted by Crippen LogP contribution is 2.51. The predicted molar refractivity (Wildman–Crippen MR) is 107 cm³/mol. The topological polar surface area (TPSA) is 44.8 Å². The van der Waals surface area contributed by atoms with E-state index in [0.717, 1.165) is 30.4 Å². The minimum absolute atomic E-state index is 0.275. The Labute approximate surface area is 166 Å². The zero-order valence-electron chi connectivity index (χ0n) is 16.2. The van der Waals surface area contributed by atoms with Gasteiger partial charge in [-0.25, -0.2) is 4.79 Å². The molecule has 0 aliphatic carbocycles. The molecule has 0 saturated carbocycles. The van der Waals surface area contributed by atoms with Crippen molar-refractivity contribution < 1.29 is 19.0 Å². The Morgan fingerprint density at radius 2 is 1.46 bits per heavy atom. The molecule has 146 valence electrons. The first kappa shape index (κ1) is 18.8. The zero-order valence-corrected chi connectivity index (χ0v) is 16.2. The lowest BCUT2D eigenvalue weighted by molar-refractivity contribution is -0.140. The number of rotatable bonds is 2. The third kappa shape index (κ3) is 3.33. The number of esters is 1. The van der Waals surface area contributed by atoms with Gasteiger partial charge < -0.3 is 14.2 Å². The third-order valence-electron chi connectivity index (χ3n) is 5.61. The molecule has 2 aromatic carbocycles. The number of fused-ring (bicyclic) bond motifs is 1. The van der Waals surface area contributed by atoms with Gasteiger partial charge >= 0.3 is 5.97 Å². The molecule has 0 aromatic heterocycles. The minimum Gasteiger partial charge on any atom is -0.481 e. The van der Waals surface area contributed by atoms with Crippen LogP contribution < -0.4 is 0 Å². The molecule has 4 heteroatoms. The van der Waals surface area contributed by atoms with Crippen molar-refractivity contribution in [2.45, 2.75) is 31.8 Å². The normalized spacial score (nSPS) is 22.6. The number of ether oxygens (including phenoxy) is 3. The smallest absolute Gasteiger partial charge is 0.337 e. The summed E-state index contributed by atoms with van der Waals surface area (Å²) >= 11 is 0. The summed E-state index contributed by atoms with van der Waals surface area (Å²) < 4.78 is 18.2. The molecule has 1 unspecified atom stereocenters. The number of allylic oxidation sites excluding steroid dienone is 1. The van der Waals surface area contributed by atoms with Crippen LogP contribution in [0.5, 0.6) is 0 Å². The molecule has 4 rings (SSSR count). The summed E-state index contributed by atoms with van der Waals surface area (Å²) in [7, 11) is 0. The van der Waals surface area contributed by atoms with Crippen LogP contribution in [0, 0.1) is 5.92 Å². The zero-order chi connectivity index (χ0) is 19.4. The first-order chi connectivity index (χ1) is 13.7. The molecular formula is C24H26O4. The Kier molecular flexibility index (Phi) is 5.49. The SMILES string of the molecule is CC1=C2C(=O)OCCCCCOCC2C(c2ccccc2)(c2ccccc2)O1. The van der Waals surface area contributed by atoms with Crippen molar-refractivity contribution in [2.75, 3.05) is 19.8 Å². The third-order valence-corrected chi connectivity index (χ3v) is 5.61. The lowest BCUT2D eigenvalue weighted by Crippen LogP contribution is -2.39. The Bertz CT molecular complexity index is 802. The molecule has 4 nitrogen and oxygen atoms in total. The van der Waals surface area contributed by atoms with Crippen LogP contribution in [0.2, 0.25) is 0 Å². The van der Waals surface area contributed by atoms with E-state index in [1.54, 1.807) is 0 Å². The van der Waals surface area contributed by atoms with Gasteiger partial charge in [-0.05, 0) is 26.2 Å². The van der Waals surface area contributed by atoms with E-state index < -0.39 is 5.60 Å². The quantitative estimate of drug-likeness (QED) is 0.717. The van der Waals surface area contributed by atoms with Crippen LogP contribution in [0.1, 0.15) is 37.3 Å². The van der Waals surface area contributed by atoms with Crippen molar-refractivity contribution in [1.29, 1.82) is 0 Å². The van der Waals surface area contributed by atoms with E-state index >= 15 is 0 Å². The van der Waals surface area contributed by atoms with E-state index in [4.69, 9.17) is 14.2 Å². The molecule has 0 spiro atoms. The molecule has 2 aliphatic heterocycles. The van der Waals surface area contributed by atoms with Crippen LogP contribution in [0.25, 0.3) is 0 Å². The Morgan fingerprint density at radius 3 is 2.11 bits per heavy atom. The molecule has 0 amide bonds. The highest BCUT2D eigenvalue weighted by atomic mass is 16.5. The fourth-order valence-corrected chi connectivity index (χ4v) is 4.29. The van der Waals surface area contributed by atoms with E-state index in [1.165, 1.54) is 0 Å². The number of carbonyl (C=O) groups excluding carboxylic acids is 1. The van der Waals surface area contributed by atoms with Crippen LogP contribution in [0.4, 0.5) is 0 Å². The number of cyclic esters (lactones) is 1. The maximum atomic E-state index is 13.0. The summed E-state index contributed by atoms with van der Waals surface area (Å²) in [6.07, 6.45) is 2.82.